The minimum Gasteiger partial charge on any atom is -0.392 e. The number of β-amino-alcohol motifs (C(OH)–C–C–N with tert-alkyl or cyclic N) is 1. The lowest BCUT2D eigenvalue weighted by molar-refractivity contribution is -0.127. The number of aromatic nitrogens is 2. The van der Waals surface area contributed by atoms with Crippen LogP contribution in [-0.2, 0) is 34.2 Å². The van der Waals surface area contributed by atoms with Gasteiger partial charge in [0.25, 0.3) is 0 Å². The summed E-state index contributed by atoms with van der Waals surface area (Å²) in [4.78, 5) is 15.2. The highest BCUT2D eigenvalue weighted by molar-refractivity contribution is 7.87. The van der Waals surface area contributed by atoms with E-state index in [1.807, 2.05) is 17.0 Å². The number of hydrogen-bond acceptors (Lipinski definition) is 10. The number of methoxy groups -OCH3 is 1. The topological polar surface area (TPSA) is 108 Å². The summed E-state index contributed by atoms with van der Waals surface area (Å²) in [6, 6.07) is 10.3. The molecule has 6 rings (SSSR count). The zero-order valence-electron chi connectivity index (χ0n) is 26.6. The summed E-state index contributed by atoms with van der Waals surface area (Å²) in [6.07, 6.45) is -1.44. The number of aliphatic hydroxyl groups excluding tert-OH is 1. The predicted octanol–water partition coefficient (Wildman–Crippen LogP) is 3.80. The van der Waals surface area contributed by atoms with E-state index in [1.54, 1.807) is 25.3 Å². The maximum absolute atomic E-state index is 13.0. The Balaban J connectivity index is 1.07. The van der Waals surface area contributed by atoms with Gasteiger partial charge in [-0.3, -0.25) is 9.80 Å². The van der Waals surface area contributed by atoms with Crippen LogP contribution in [-0.4, -0.2) is 111 Å². The van der Waals surface area contributed by atoms with Gasteiger partial charge in [-0.15, -0.1) is 0 Å². The Hall–Kier alpha value is -3.04. The molecule has 10 nitrogen and oxygen atoms in total. The molecule has 256 valence electrons. The number of hydrogen-bond donors (Lipinski definition) is 1. The number of alkyl halides is 3. The van der Waals surface area contributed by atoms with Crippen LogP contribution in [0.15, 0.2) is 42.7 Å². The van der Waals surface area contributed by atoms with Crippen molar-refractivity contribution in [3.8, 4) is 5.75 Å². The lowest BCUT2D eigenvalue weighted by Crippen LogP contribution is -2.60. The zero-order valence-corrected chi connectivity index (χ0v) is 27.4. The zero-order chi connectivity index (χ0) is 33.2. The van der Waals surface area contributed by atoms with Crippen molar-refractivity contribution in [2.45, 2.75) is 50.9 Å². The Labute approximate surface area is 273 Å². The lowest BCUT2D eigenvalue weighted by atomic mass is 9.72. The Morgan fingerprint density at radius 3 is 2.55 bits per heavy atom. The van der Waals surface area contributed by atoms with Gasteiger partial charge in [0.2, 0.25) is 0 Å². The highest BCUT2D eigenvalue weighted by Crippen LogP contribution is 2.44. The first-order valence-corrected chi connectivity index (χ1v) is 17.7. The fraction of sp³-hybridized carbons (Fsp3) is 0.576. The van der Waals surface area contributed by atoms with Crippen LogP contribution in [0.25, 0.3) is 10.9 Å². The van der Waals surface area contributed by atoms with Gasteiger partial charge in [0, 0.05) is 57.2 Å². The summed E-state index contributed by atoms with van der Waals surface area (Å²) in [5.74, 6) is 0.831. The molecule has 14 heteroatoms. The number of anilines is 1. The number of likely N-dealkylation sites (tertiary alicyclic amines) is 1. The van der Waals surface area contributed by atoms with Crippen LogP contribution >= 0.6 is 0 Å². The van der Waals surface area contributed by atoms with Crippen molar-refractivity contribution in [2.24, 2.45) is 5.41 Å². The maximum atomic E-state index is 13.0. The number of benzene rings is 2. The largest absolute Gasteiger partial charge is 0.393 e. The molecule has 0 amide bonds. The minimum absolute atomic E-state index is 0.133. The first kappa shape index (κ1) is 33.8. The molecule has 0 unspecified atom stereocenters. The van der Waals surface area contributed by atoms with Gasteiger partial charge in [0.1, 0.15) is 17.9 Å². The average Bonchev–Trinajstić information content (AvgIpc) is 3.02. The van der Waals surface area contributed by atoms with Gasteiger partial charge >= 0.3 is 16.3 Å². The lowest BCUT2D eigenvalue weighted by Gasteiger charge is -2.54. The molecule has 3 aliphatic rings. The van der Waals surface area contributed by atoms with Gasteiger partial charge < -0.3 is 18.9 Å². The maximum Gasteiger partial charge on any atom is 0.393 e. The third-order valence-electron chi connectivity index (χ3n) is 9.58. The summed E-state index contributed by atoms with van der Waals surface area (Å²) in [5, 5.41) is 11.4. The summed E-state index contributed by atoms with van der Waals surface area (Å²) in [5.41, 5.74) is 2.80. The molecule has 1 spiro atoms. The number of nitrogens with zero attached hydrogens (tertiary/aromatic N) is 5. The monoisotopic (exact) mass is 677 g/mol. The fourth-order valence-corrected chi connectivity index (χ4v) is 8.01. The Morgan fingerprint density at radius 1 is 1.04 bits per heavy atom. The molecule has 1 aromatic heterocycles. The molecule has 1 N–H and O–H groups in total. The highest BCUT2D eigenvalue weighted by atomic mass is 32.2. The van der Waals surface area contributed by atoms with E-state index in [1.165, 1.54) is 12.4 Å². The van der Waals surface area contributed by atoms with E-state index in [4.69, 9.17) is 8.92 Å². The number of halogens is 3. The third-order valence-corrected chi connectivity index (χ3v) is 10.7. The summed E-state index contributed by atoms with van der Waals surface area (Å²) in [6.45, 7) is 5.69. The second-order valence-corrected chi connectivity index (χ2v) is 14.9. The van der Waals surface area contributed by atoms with Crippen molar-refractivity contribution < 1.29 is 35.6 Å². The number of ether oxygens (including phenoxy) is 1. The van der Waals surface area contributed by atoms with Crippen LogP contribution in [0.4, 0.5) is 19.0 Å². The minimum atomic E-state index is -4.28. The Kier molecular flexibility index (Phi) is 9.96. The molecule has 2 aromatic carbocycles. The Morgan fingerprint density at radius 2 is 1.81 bits per heavy atom. The summed E-state index contributed by atoms with van der Waals surface area (Å²) in [7, 11) is -2.22. The molecule has 4 heterocycles. The average molecular weight is 678 g/mol. The van der Waals surface area contributed by atoms with Crippen LogP contribution in [0.3, 0.4) is 0 Å². The first-order valence-electron chi connectivity index (χ1n) is 16.1. The van der Waals surface area contributed by atoms with Crippen molar-refractivity contribution in [3.05, 3.63) is 59.4 Å². The van der Waals surface area contributed by atoms with E-state index in [2.05, 4.69) is 19.8 Å². The molecule has 3 aliphatic heterocycles. The van der Waals surface area contributed by atoms with Crippen molar-refractivity contribution in [1.29, 1.82) is 0 Å². The first-order chi connectivity index (χ1) is 22.4. The predicted molar refractivity (Wildman–Crippen MR) is 172 cm³/mol. The normalized spacial score (nSPS) is 22.3. The van der Waals surface area contributed by atoms with E-state index in [-0.39, 0.29) is 23.3 Å². The van der Waals surface area contributed by atoms with Crippen LogP contribution in [0.2, 0.25) is 0 Å². The molecule has 47 heavy (non-hydrogen) atoms. The van der Waals surface area contributed by atoms with Crippen molar-refractivity contribution in [1.82, 2.24) is 19.8 Å². The van der Waals surface area contributed by atoms with Gasteiger partial charge in [-0.1, -0.05) is 18.2 Å². The fourth-order valence-electron chi connectivity index (χ4n) is 7.01. The van der Waals surface area contributed by atoms with Gasteiger partial charge in [0.15, 0.2) is 0 Å². The van der Waals surface area contributed by atoms with Crippen LogP contribution in [0.5, 0.6) is 5.75 Å². The molecule has 2 saturated heterocycles. The summed E-state index contributed by atoms with van der Waals surface area (Å²) >= 11 is 0. The van der Waals surface area contributed by atoms with Gasteiger partial charge in [-0.2, -0.15) is 21.6 Å². The number of aliphatic hydroxyl groups is 1. The quantitative estimate of drug-likeness (QED) is 0.371. The van der Waals surface area contributed by atoms with Crippen LogP contribution in [0.1, 0.15) is 36.0 Å². The highest BCUT2D eigenvalue weighted by Gasteiger charge is 2.45. The SMILES string of the molecule is COCCN1CCS(=O)(=O)Oc2ccc(CN3CCC4(CC3)CN(c3ncnc5ccc(CC(F)(F)F)cc35)C4)cc2CC[C@@H](O)C1. The van der Waals surface area contributed by atoms with Crippen molar-refractivity contribution >= 4 is 26.8 Å². The molecular weight excluding hydrogens is 635 g/mol. The number of fused-ring (bicyclic) bond motifs is 2. The molecule has 3 aromatic rings. The van der Waals surface area contributed by atoms with Gasteiger partial charge in [-0.05, 0) is 73.7 Å². The third kappa shape index (κ3) is 8.52. The standard InChI is InChI=1S/C33H42F3N5O5S/c1-45-14-12-40-13-15-47(43,44)46-30-7-3-25(16-26(30)4-5-27(42)20-40)19-39-10-8-32(9-11-39)21-41(22-32)31-28-17-24(18-33(34,35)36)2-6-29(28)37-23-38-31/h2-3,6-7,16-17,23,27,42H,4-5,8-15,18-22H2,1H3/t27-/m1/s1. The van der Waals surface area contributed by atoms with Crippen molar-refractivity contribution in [2.75, 3.05) is 70.2 Å². The Bertz CT molecular complexity index is 1660. The van der Waals surface area contributed by atoms with E-state index in [9.17, 15) is 26.7 Å². The molecule has 0 radical (unpaired) electrons. The van der Waals surface area contributed by atoms with E-state index in [0.717, 1.165) is 50.1 Å². The summed E-state index contributed by atoms with van der Waals surface area (Å²) < 4.78 is 75.4. The molecule has 0 aliphatic carbocycles. The molecule has 2 fully saturated rings. The van der Waals surface area contributed by atoms with E-state index in [0.29, 0.717) is 61.6 Å². The van der Waals surface area contributed by atoms with E-state index >= 15 is 0 Å². The van der Waals surface area contributed by atoms with E-state index < -0.39 is 28.8 Å². The number of aryl methyl sites for hydroxylation is 1. The second kappa shape index (κ2) is 13.8. The van der Waals surface area contributed by atoms with Crippen LogP contribution < -0.4 is 9.08 Å². The van der Waals surface area contributed by atoms with Crippen LogP contribution in [0, 0.1) is 5.41 Å². The molecular formula is C33H42F3N5O5S. The smallest absolute Gasteiger partial charge is 0.392 e. The van der Waals surface area contributed by atoms with Gasteiger partial charge in [-0.25, -0.2) is 9.97 Å². The van der Waals surface area contributed by atoms with Gasteiger partial charge in [0.05, 0.1) is 30.4 Å². The number of rotatable bonds is 7. The molecule has 0 bridgehead atoms. The van der Waals surface area contributed by atoms with Crippen molar-refractivity contribution in [3.63, 3.8) is 0 Å². The second-order valence-electron chi connectivity index (χ2n) is 13.2. The molecule has 0 saturated carbocycles. The number of piperidine rings is 1. The molecule has 1 atom stereocenters.